The van der Waals surface area contributed by atoms with Crippen LogP contribution in [0.2, 0.25) is 0 Å². The molecule has 1 aromatic heterocycles. The molecule has 2 heterocycles. The number of rotatable bonds is 3. The topological polar surface area (TPSA) is 45.1 Å². The lowest BCUT2D eigenvalue weighted by atomic mass is 10.0. The van der Waals surface area contributed by atoms with Gasteiger partial charge in [0.2, 0.25) is 0 Å². The van der Waals surface area contributed by atoms with Gasteiger partial charge >= 0.3 is 0 Å². The van der Waals surface area contributed by atoms with Gasteiger partial charge in [0.1, 0.15) is 0 Å². The van der Waals surface area contributed by atoms with Crippen LogP contribution in [-0.4, -0.2) is 23.0 Å². The fraction of sp³-hybridized carbons (Fsp3) is 0.238. The molecule has 3 nitrogen and oxygen atoms in total. The van der Waals surface area contributed by atoms with E-state index in [9.17, 15) is 0 Å². The van der Waals surface area contributed by atoms with Gasteiger partial charge in [-0.3, -0.25) is 0 Å². The molecule has 4 heteroatoms. The average Bonchev–Trinajstić information content (AvgIpc) is 2.98. The molecule has 1 fully saturated rings. The highest BCUT2D eigenvalue weighted by Crippen LogP contribution is 2.34. The van der Waals surface area contributed by atoms with E-state index in [2.05, 4.69) is 63.2 Å². The van der Waals surface area contributed by atoms with E-state index in [0.29, 0.717) is 5.70 Å². The van der Waals surface area contributed by atoms with Crippen molar-refractivity contribution in [2.24, 2.45) is 5.73 Å². The standard InChI is InChI=1S/C21H22BrN3/c1-13(23)17-11-16(22)12-19-18-10-15(6-7-20(18)24-21(17)19)14(2)25-8-4-3-5-9-25/h6-7,10-12,24H,1-5,8-9,23H2. The lowest BCUT2D eigenvalue weighted by Gasteiger charge is -2.30. The van der Waals surface area contributed by atoms with Crippen LogP contribution in [0.25, 0.3) is 33.2 Å². The maximum atomic E-state index is 5.99. The van der Waals surface area contributed by atoms with Crippen molar-refractivity contribution in [1.29, 1.82) is 0 Å². The molecule has 3 N–H and O–H groups in total. The zero-order valence-corrected chi connectivity index (χ0v) is 15.8. The number of piperidine rings is 1. The van der Waals surface area contributed by atoms with E-state index in [0.717, 1.165) is 45.2 Å². The van der Waals surface area contributed by atoms with Crippen LogP contribution in [0.1, 0.15) is 30.4 Å². The molecule has 0 bridgehead atoms. The van der Waals surface area contributed by atoms with Crippen LogP contribution in [0.5, 0.6) is 0 Å². The fourth-order valence-electron chi connectivity index (χ4n) is 3.74. The molecule has 4 rings (SSSR count). The smallest absolute Gasteiger partial charge is 0.0559 e. The van der Waals surface area contributed by atoms with Crippen molar-refractivity contribution in [3.63, 3.8) is 0 Å². The van der Waals surface area contributed by atoms with E-state index in [4.69, 9.17) is 5.73 Å². The van der Waals surface area contributed by atoms with Crippen LogP contribution in [-0.2, 0) is 0 Å². The van der Waals surface area contributed by atoms with Gasteiger partial charge in [-0.05, 0) is 49.1 Å². The van der Waals surface area contributed by atoms with Gasteiger partial charge in [0.15, 0.2) is 0 Å². The summed E-state index contributed by atoms with van der Waals surface area (Å²) in [6.45, 7) is 10.5. The van der Waals surface area contributed by atoms with Crippen LogP contribution in [0, 0.1) is 0 Å². The number of halogens is 1. The molecular weight excluding hydrogens is 374 g/mol. The highest BCUT2D eigenvalue weighted by atomic mass is 79.9. The highest BCUT2D eigenvalue weighted by molar-refractivity contribution is 9.10. The van der Waals surface area contributed by atoms with Gasteiger partial charge in [0.05, 0.1) is 5.52 Å². The molecular formula is C21H22BrN3. The van der Waals surface area contributed by atoms with Crippen LogP contribution in [0.4, 0.5) is 0 Å². The van der Waals surface area contributed by atoms with Gasteiger partial charge in [0, 0.05) is 50.8 Å². The van der Waals surface area contributed by atoms with E-state index in [1.165, 1.54) is 30.2 Å². The van der Waals surface area contributed by atoms with Crippen molar-refractivity contribution in [2.45, 2.75) is 19.3 Å². The number of nitrogens with one attached hydrogen (secondary N) is 1. The van der Waals surface area contributed by atoms with Crippen molar-refractivity contribution in [3.8, 4) is 0 Å². The second kappa shape index (κ2) is 6.26. The largest absolute Gasteiger partial charge is 0.399 e. The minimum absolute atomic E-state index is 0.566. The lowest BCUT2D eigenvalue weighted by molar-refractivity contribution is 0.326. The van der Waals surface area contributed by atoms with Crippen LogP contribution >= 0.6 is 15.9 Å². The Bertz CT molecular complexity index is 993. The number of fused-ring (bicyclic) bond motifs is 3. The molecule has 0 unspecified atom stereocenters. The fourth-order valence-corrected chi connectivity index (χ4v) is 4.20. The van der Waals surface area contributed by atoms with E-state index in [1.54, 1.807) is 0 Å². The molecule has 3 aromatic rings. The summed E-state index contributed by atoms with van der Waals surface area (Å²) in [5.41, 5.74) is 11.9. The van der Waals surface area contributed by atoms with Crippen molar-refractivity contribution < 1.29 is 0 Å². The summed E-state index contributed by atoms with van der Waals surface area (Å²) in [7, 11) is 0. The number of likely N-dealkylation sites (tertiary alicyclic amines) is 1. The molecule has 0 amide bonds. The summed E-state index contributed by atoms with van der Waals surface area (Å²) in [6, 6.07) is 10.7. The molecule has 0 radical (unpaired) electrons. The third kappa shape index (κ3) is 2.85. The van der Waals surface area contributed by atoms with Crippen molar-refractivity contribution in [3.05, 3.63) is 59.1 Å². The second-order valence-corrected chi connectivity index (χ2v) is 7.70. The normalized spacial score (nSPS) is 15.0. The van der Waals surface area contributed by atoms with Crippen molar-refractivity contribution in [1.82, 2.24) is 9.88 Å². The van der Waals surface area contributed by atoms with Gasteiger partial charge < -0.3 is 15.6 Å². The van der Waals surface area contributed by atoms with E-state index >= 15 is 0 Å². The number of aromatic amines is 1. The van der Waals surface area contributed by atoms with Gasteiger partial charge in [-0.25, -0.2) is 0 Å². The van der Waals surface area contributed by atoms with E-state index < -0.39 is 0 Å². The highest BCUT2D eigenvalue weighted by Gasteiger charge is 2.15. The minimum atomic E-state index is 0.566. The monoisotopic (exact) mass is 395 g/mol. The van der Waals surface area contributed by atoms with Crippen LogP contribution < -0.4 is 5.73 Å². The van der Waals surface area contributed by atoms with Crippen LogP contribution in [0.15, 0.2) is 48.0 Å². The number of nitrogens with two attached hydrogens (primary N) is 1. The van der Waals surface area contributed by atoms with E-state index in [-0.39, 0.29) is 0 Å². The molecule has 0 aliphatic carbocycles. The van der Waals surface area contributed by atoms with E-state index in [1.807, 2.05) is 6.07 Å². The molecule has 1 aliphatic heterocycles. The first-order valence-electron chi connectivity index (χ1n) is 8.68. The van der Waals surface area contributed by atoms with Crippen molar-refractivity contribution in [2.75, 3.05) is 13.1 Å². The summed E-state index contributed by atoms with van der Waals surface area (Å²) in [5.74, 6) is 0. The summed E-state index contributed by atoms with van der Waals surface area (Å²) in [5, 5.41) is 2.34. The van der Waals surface area contributed by atoms with Gasteiger partial charge in [-0.2, -0.15) is 0 Å². The third-order valence-electron chi connectivity index (χ3n) is 5.09. The van der Waals surface area contributed by atoms with Gasteiger partial charge in [-0.15, -0.1) is 0 Å². The first kappa shape index (κ1) is 16.3. The number of hydrogen-bond acceptors (Lipinski definition) is 2. The Kier molecular flexibility index (Phi) is 4.08. The quantitative estimate of drug-likeness (QED) is 0.617. The Hall–Kier alpha value is -2.20. The SMILES string of the molecule is C=C(N)c1cc(Br)cc2c1[nH]c1ccc(C(=C)N3CCCCC3)cc12. The number of aromatic nitrogens is 1. The van der Waals surface area contributed by atoms with Gasteiger partial charge in [-0.1, -0.05) is 35.2 Å². The Morgan fingerprint density at radius 3 is 2.52 bits per heavy atom. The molecule has 1 saturated heterocycles. The second-order valence-electron chi connectivity index (χ2n) is 6.78. The maximum absolute atomic E-state index is 5.99. The number of nitrogens with zero attached hydrogens (tertiary/aromatic N) is 1. The minimum Gasteiger partial charge on any atom is -0.399 e. The Morgan fingerprint density at radius 2 is 1.80 bits per heavy atom. The summed E-state index contributed by atoms with van der Waals surface area (Å²) in [4.78, 5) is 5.90. The summed E-state index contributed by atoms with van der Waals surface area (Å²) < 4.78 is 1.00. The third-order valence-corrected chi connectivity index (χ3v) is 5.55. The molecule has 1 aliphatic rings. The Balaban J connectivity index is 1.86. The van der Waals surface area contributed by atoms with Crippen LogP contribution in [0.3, 0.4) is 0 Å². The number of H-pyrrole nitrogens is 1. The average molecular weight is 396 g/mol. The molecule has 128 valence electrons. The van der Waals surface area contributed by atoms with Crippen molar-refractivity contribution >= 4 is 49.1 Å². The predicted octanol–water partition coefficient (Wildman–Crippen LogP) is 5.47. The lowest BCUT2D eigenvalue weighted by Crippen LogP contribution is -2.27. The number of hydrogen-bond donors (Lipinski definition) is 2. The van der Waals surface area contributed by atoms with Gasteiger partial charge in [0.25, 0.3) is 0 Å². The zero-order valence-electron chi connectivity index (χ0n) is 14.2. The zero-order chi connectivity index (χ0) is 17.6. The molecule has 2 aromatic carbocycles. The maximum Gasteiger partial charge on any atom is 0.0559 e. The Labute approximate surface area is 156 Å². The Morgan fingerprint density at radius 1 is 1.04 bits per heavy atom. The first-order chi connectivity index (χ1) is 12.0. The molecule has 25 heavy (non-hydrogen) atoms. The molecule has 0 atom stereocenters. The molecule has 0 saturated carbocycles. The predicted molar refractivity (Wildman–Crippen MR) is 111 cm³/mol. The summed E-state index contributed by atoms with van der Waals surface area (Å²) in [6.07, 6.45) is 3.83. The molecule has 0 spiro atoms. The number of benzene rings is 2. The summed E-state index contributed by atoms with van der Waals surface area (Å²) >= 11 is 3.60. The first-order valence-corrected chi connectivity index (χ1v) is 9.48.